The molecule has 108 valence electrons. The molecule has 0 unspecified atom stereocenters. The molecule has 1 aromatic rings. The van der Waals surface area contributed by atoms with Crippen LogP contribution in [0.5, 0.6) is 0 Å². The fraction of sp³-hybridized carbons (Fsp3) is 0.333. The number of ether oxygens (including phenoxy) is 1. The van der Waals surface area contributed by atoms with Crippen molar-refractivity contribution in [2.45, 2.75) is 26.4 Å². The zero-order valence-corrected chi connectivity index (χ0v) is 11.8. The van der Waals surface area contributed by atoms with Gasteiger partial charge >= 0.3 is 5.97 Å². The number of hydrogen-bond acceptors (Lipinski definition) is 3. The van der Waals surface area contributed by atoms with E-state index in [0.717, 1.165) is 6.08 Å². The number of carbonyl (C=O) groups excluding carboxylic acids is 1. The van der Waals surface area contributed by atoms with Crippen LogP contribution < -0.4 is 5.32 Å². The number of anilines is 1. The van der Waals surface area contributed by atoms with Crippen molar-refractivity contribution in [3.8, 4) is 0 Å². The second-order valence-corrected chi connectivity index (χ2v) is 5.25. The van der Waals surface area contributed by atoms with Gasteiger partial charge in [0, 0.05) is 11.8 Å². The Morgan fingerprint density at radius 2 is 2.05 bits per heavy atom. The Balaban J connectivity index is 2.62. The van der Waals surface area contributed by atoms with E-state index in [4.69, 9.17) is 9.84 Å². The molecule has 5 nitrogen and oxygen atoms in total. The van der Waals surface area contributed by atoms with Gasteiger partial charge in [0.15, 0.2) is 0 Å². The van der Waals surface area contributed by atoms with Gasteiger partial charge in [-0.15, -0.1) is 0 Å². The number of carboxylic acid groups (broad SMARTS) is 1. The molecule has 0 aliphatic heterocycles. The molecule has 0 aliphatic rings. The monoisotopic (exact) mass is 277 g/mol. The molecule has 5 heteroatoms. The van der Waals surface area contributed by atoms with Gasteiger partial charge in [-0.05, 0) is 44.5 Å². The van der Waals surface area contributed by atoms with E-state index in [1.54, 1.807) is 24.3 Å². The van der Waals surface area contributed by atoms with Crippen molar-refractivity contribution in [2.75, 3.05) is 11.9 Å². The van der Waals surface area contributed by atoms with E-state index < -0.39 is 5.97 Å². The summed E-state index contributed by atoms with van der Waals surface area (Å²) in [6.45, 7) is 5.59. The van der Waals surface area contributed by atoms with Gasteiger partial charge in [-0.1, -0.05) is 12.1 Å². The Kier molecular flexibility index (Phi) is 5.46. The summed E-state index contributed by atoms with van der Waals surface area (Å²) in [4.78, 5) is 22.1. The standard InChI is InChI=1S/C15H19NO4/c1-15(2,3)20-10-13(17)16-12-6-4-5-11(9-12)7-8-14(18)19/h4-9H,10H2,1-3H3,(H,16,17)(H,18,19)/b8-7+. The Morgan fingerprint density at radius 1 is 1.35 bits per heavy atom. The highest BCUT2D eigenvalue weighted by molar-refractivity contribution is 5.92. The van der Waals surface area contributed by atoms with E-state index in [1.807, 2.05) is 20.8 Å². The van der Waals surface area contributed by atoms with Crippen molar-refractivity contribution >= 4 is 23.6 Å². The molecule has 0 aromatic heterocycles. The molecule has 0 spiro atoms. The average Bonchev–Trinajstić information content (AvgIpc) is 2.34. The quantitative estimate of drug-likeness (QED) is 0.811. The molecular weight excluding hydrogens is 258 g/mol. The summed E-state index contributed by atoms with van der Waals surface area (Å²) in [6.07, 6.45) is 2.51. The Bertz CT molecular complexity index is 515. The van der Waals surface area contributed by atoms with E-state index in [-0.39, 0.29) is 18.1 Å². The summed E-state index contributed by atoms with van der Waals surface area (Å²) in [5, 5.41) is 11.3. The summed E-state index contributed by atoms with van der Waals surface area (Å²) in [5.41, 5.74) is 0.922. The number of carboxylic acids is 1. The number of hydrogen-bond donors (Lipinski definition) is 2. The molecule has 1 aromatic carbocycles. The van der Waals surface area contributed by atoms with Crippen LogP contribution in [0.3, 0.4) is 0 Å². The van der Waals surface area contributed by atoms with Crippen LogP contribution in [-0.4, -0.2) is 29.2 Å². The third-order valence-corrected chi connectivity index (χ3v) is 2.23. The second kappa shape index (κ2) is 6.86. The fourth-order valence-corrected chi connectivity index (χ4v) is 1.37. The first-order valence-corrected chi connectivity index (χ1v) is 6.21. The molecule has 2 N–H and O–H groups in total. The molecule has 0 radical (unpaired) electrons. The molecule has 0 saturated carbocycles. The van der Waals surface area contributed by atoms with E-state index in [9.17, 15) is 9.59 Å². The van der Waals surface area contributed by atoms with E-state index in [2.05, 4.69) is 5.32 Å². The number of aliphatic carboxylic acids is 1. The van der Waals surface area contributed by atoms with Crippen LogP contribution in [0.1, 0.15) is 26.3 Å². The normalized spacial score (nSPS) is 11.6. The lowest BCUT2D eigenvalue weighted by atomic mass is 10.2. The first-order chi connectivity index (χ1) is 9.26. The van der Waals surface area contributed by atoms with Gasteiger partial charge in [-0.2, -0.15) is 0 Å². The van der Waals surface area contributed by atoms with Gasteiger partial charge < -0.3 is 15.2 Å². The Labute approximate surface area is 118 Å². The molecule has 0 bridgehead atoms. The van der Waals surface area contributed by atoms with Crippen LogP contribution in [0.25, 0.3) is 6.08 Å². The van der Waals surface area contributed by atoms with Crippen molar-refractivity contribution in [2.24, 2.45) is 0 Å². The molecule has 0 saturated heterocycles. The highest BCUT2D eigenvalue weighted by Gasteiger charge is 2.12. The predicted molar refractivity (Wildman–Crippen MR) is 77.4 cm³/mol. The Hall–Kier alpha value is -2.14. The molecule has 20 heavy (non-hydrogen) atoms. The average molecular weight is 277 g/mol. The highest BCUT2D eigenvalue weighted by Crippen LogP contribution is 2.12. The van der Waals surface area contributed by atoms with E-state index in [1.165, 1.54) is 6.08 Å². The molecule has 0 aliphatic carbocycles. The SMILES string of the molecule is CC(C)(C)OCC(=O)Nc1cccc(/C=C/C(=O)O)c1. The summed E-state index contributed by atoms with van der Waals surface area (Å²) in [5.74, 6) is -1.27. The number of benzene rings is 1. The van der Waals surface area contributed by atoms with Crippen LogP contribution in [0, 0.1) is 0 Å². The highest BCUT2D eigenvalue weighted by atomic mass is 16.5. The van der Waals surface area contributed by atoms with Crippen molar-refractivity contribution in [1.29, 1.82) is 0 Å². The lowest BCUT2D eigenvalue weighted by molar-refractivity contribution is -0.131. The van der Waals surface area contributed by atoms with E-state index >= 15 is 0 Å². The zero-order valence-electron chi connectivity index (χ0n) is 11.8. The van der Waals surface area contributed by atoms with Crippen molar-refractivity contribution < 1.29 is 19.4 Å². The maximum Gasteiger partial charge on any atom is 0.328 e. The predicted octanol–water partition coefficient (Wildman–Crippen LogP) is 2.54. The van der Waals surface area contributed by atoms with Gasteiger partial charge in [0.1, 0.15) is 6.61 Å². The number of rotatable bonds is 5. The van der Waals surface area contributed by atoms with Gasteiger partial charge in [0.25, 0.3) is 0 Å². The summed E-state index contributed by atoms with van der Waals surface area (Å²) < 4.78 is 5.37. The fourth-order valence-electron chi connectivity index (χ4n) is 1.37. The summed E-state index contributed by atoms with van der Waals surface area (Å²) in [6, 6.07) is 6.91. The Morgan fingerprint density at radius 3 is 2.65 bits per heavy atom. The van der Waals surface area contributed by atoms with Crippen LogP contribution in [0.2, 0.25) is 0 Å². The lowest BCUT2D eigenvalue weighted by Crippen LogP contribution is -2.27. The van der Waals surface area contributed by atoms with Crippen molar-refractivity contribution in [3.63, 3.8) is 0 Å². The van der Waals surface area contributed by atoms with Crippen molar-refractivity contribution in [3.05, 3.63) is 35.9 Å². The molecule has 0 atom stereocenters. The first-order valence-electron chi connectivity index (χ1n) is 6.21. The number of amides is 1. The number of carbonyl (C=O) groups is 2. The third kappa shape index (κ3) is 6.70. The maximum absolute atomic E-state index is 11.7. The topological polar surface area (TPSA) is 75.6 Å². The molecule has 0 fully saturated rings. The third-order valence-electron chi connectivity index (χ3n) is 2.23. The van der Waals surface area contributed by atoms with Crippen LogP contribution in [0.15, 0.2) is 30.3 Å². The molecule has 0 heterocycles. The second-order valence-electron chi connectivity index (χ2n) is 5.25. The first kappa shape index (κ1) is 15.9. The minimum absolute atomic E-state index is 0.0291. The van der Waals surface area contributed by atoms with E-state index in [0.29, 0.717) is 11.3 Å². The van der Waals surface area contributed by atoms with Gasteiger partial charge in [0.2, 0.25) is 5.91 Å². The minimum Gasteiger partial charge on any atom is -0.478 e. The smallest absolute Gasteiger partial charge is 0.328 e. The molecular formula is C15H19NO4. The molecule has 1 amide bonds. The van der Waals surface area contributed by atoms with Crippen molar-refractivity contribution in [1.82, 2.24) is 0 Å². The largest absolute Gasteiger partial charge is 0.478 e. The van der Waals surface area contributed by atoms with Crippen LogP contribution >= 0.6 is 0 Å². The lowest BCUT2D eigenvalue weighted by Gasteiger charge is -2.19. The van der Waals surface area contributed by atoms with Gasteiger partial charge in [0.05, 0.1) is 5.60 Å². The van der Waals surface area contributed by atoms with Crippen LogP contribution in [0.4, 0.5) is 5.69 Å². The zero-order chi connectivity index (χ0) is 15.2. The van der Waals surface area contributed by atoms with Gasteiger partial charge in [-0.3, -0.25) is 4.79 Å². The summed E-state index contributed by atoms with van der Waals surface area (Å²) >= 11 is 0. The summed E-state index contributed by atoms with van der Waals surface area (Å²) in [7, 11) is 0. The van der Waals surface area contributed by atoms with Crippen LogP contribution in [-0.2, 0) is 14.3 Å². The maximum atomic E-state index is 11.7. The van der Waals surface area contributed by atoms with Gasteiger partial charge in [-0.25, -0.2) is 4.79 Å². The molecule has 1 rings (SSSR count). The number of nitrogens with one attached hydrogen (secondary N) is 1. The minimum atomic E-state index is -1.02.